The highest BCUT2D eigenvalue weighted by atomic mass is 35.5. The smallest absolute Gasteiger partial charge is 0.399 e. The Kier molecular flexibility index (Phi) is 3.65. The van der Waals surface area contributed by atoms with Crippen LogP contribution >= 0.6 is 23.2 Å². The minimum atomic E-state index is -4.46. The summed E-state index contributed by atoms with van der Waals surface area (Å²) in [4.78, 5) is 0. The zero-order valence-electron chi connectivity index (χ0n) is 9.43. The van der Waals surface area contributed by atoms with E-state index in [9.17, 15) is 13.2 Å². The first-order valence-electron chi connectivity index (χ1n) is 5.21. The Labute approximate surface area is 117 Å². The maximum Gasteiger partial charge on any atom is 0.416 e. The van der Waals surface area contributed by atoms with E-state index in [0.717, 1.165) is 12.1 Å². The van der Waals surface area contributed by atoms with Gasteiger partial charge in [-0.3, -0.25) is 0 Å². The zero-order valence-corrected chi connectivity index (χ0v) is 10.9. The summed E-state index contributed by atoms with van der Waals surface area (Å²) in [5.74, 6) is 0. The first-order valence-corrected chi connectivity index (χ1v) is 5.97. The second-order valence-corrected chi connectivity index (χ2v) is 4.73. The molecule has 0 bridgehead atoms. The Bertz CT molecular complexity index is 624. The van der Waals surface area contributed by atoms with Gasteiger partial charge in [-0.15, -0.1) is 0 Å². The predicted octanol–water partition coefficient (Wildman–Crippen LogP) is 5.26. The van der Waals surface area contributed by atoms with Gasteiger partial charge in [-0.05, 0) is 29.8 Å². The molecule has 2 rings (SSSR count). The molecule has 2 N–H and O–H groups in total. The van der Waals surface area contributed by atoms with E-state index in [4.69, 9.17) is 28.9 Å². The fourth-order valence-corrected chi connectivity index (χ4v) is 2.11. The van der Waals surface area contributed by atoms with Crippen LogP contribution in [0, 0.1) is 0 Å². The fourth-order valence-electron chi connectivity index (χ4n) is 1.70. The molecule has 19 heavy (non-hydrogen) atoms. The van der Waals surface area contributed by atoms with Crippen molar-refractivity contribution in [2.24, 2.45) is 0 Å². The third-order valence-corrected chi connectivity index (χ3v) is 3.36. The van der Waals surface area contributed by atoms with E-state index in [-0.39, 0.29) is 21.3 Å². The van der Waals surface area contributed by atoms with Crippen LogP contribution in [0.5, 0.6) is 0 Å². The topological polar surface area (TPSA) is 26.0 Å². The quantitative estimate of drug-likeness (QED) is 0.714. The average molecular weight is 306 g/mol. The van der Waals surface area contributed by atoms with Gasteiger partial charge < -0.3 is 5.73 Å². The summed E-state index contributed by atoms with van der Waals surface area (Å²) >= 11 is 11.8. The molecule has 100 valence electrons. The number of hydrogen-bond acceptors (Lipinski definition) is 1. The fraction of sp³-hybridized carbons (Fsp3) is 0.0769. The van der Waals surface area contributed by atoms with Gasteiger partial charge in [-0.25, -0.2) is 0 Å². The second kappa shape index (κ2) is 4.94. The molecule has 6 heteroatoms. The molecule has 0 saturated heterocycles. The minimum Gasteiger partial charge on any atom is -0.399 e. The molecule has 0 saturated carbocycles. The number of benzene rings is 2. The largest absolute Gasteiger partial charge is 0.416 e. The summed E-state index contributed by atoms with van der Waals surface area (Å²) in [5.41, 5.74) is 5.39. The third-order valence-electron chi connectivity index (χ3n) is 2.55. The van der Waals surface area contributed by atoms with Crippen molar-refractivity contribution in [2.75, 3.05) is 5.73 Å². The highest BCUT2D eigenvalue weighted by Gasteiger charge is 2.31. The van der Waals surface area contributed by atoms with Gasteiger partial charge in [0.15, 0.2) is 0 Å². The van der Waals surface area contributed by atoms with Crippen molar-refractivity contribution < 1.29 is 13.2 Å². The van der Waals surface area contributed by atoms with Gasteiger partial charge in [0.1, 0.15) is 0 Å². The molecule has 0 atom stereocenters. The molecule has 0 heterocycles. The number of hydrogen-bond donors (Lipinski definition) is 1. The second-order valence-electron chi connectivity index (χ2n) is 3.94. The molecule has 0 radical (unpaired) electrons. The van der Waals surface area contributed by atoms with Gasteiger partial charge in [0.05, 0.1) is 15.6 Å². The number of nitrogens with two attached hydrogens (primary N) is 1. The van der Waals surface area contributed by atoms with Crippen molar-refractivity contribution in [3.63, 3.8) is 0 Å². The molecule has 0 aliphatic rings. The molecule has 0 aromatic heterocycles. The van der Waals surface area contributed by atoms with Crippen molar-refractivity contribution in [3.8, 4) is 11.1 Å². The van der Waals surface area contributed by atoms with Crippen molar-refractivity contribution in [1.82, 2.24) is 0 Å². The summed E-state index contributed by atoms with van der Waals surface area (Å²) in [6.45, 7) is 0. The monoisotopic (exact) mass is 305 g/mol. The maximum absolute atomic E-state index is 12.7. The van der Waals surface area contributed by atoms with Gasteiger partial charge in [-0.2, -0.15) is 13.2 Å². The van der Waals surface area contributed by atoms with Crippen molar-refractivity contribution >= 4 is 28.9 Å². The lowest BCUT2D eigenvalue weighted by molar-refractivity contribution is -0.137. The molecule has 2 aromatic rings. The number of rotatable bonds is 1. The van der Waals surface area contributed by atoms with E-state index in [1.807, 2.05) is 0 Å². The molecule has 0 aliphatic carbocycles. The minimum absolute atomic E-state index is 0.0147. The zero-order chi connectivity index (χ0) is 14.2. The van der Waals surface area contributed by atoms with Crippen LogP contribution in [-0.4, -0.2) is 0 Å². The Morgan fingerprint density at radius 1 is 1.00 bits per heavy atom. The lowest BCUT2D eigenvalue weighted by atomic mass is 10.0. The van der Waals surface area contributed by atoms with Crippen LogP contribution in [0.3, 0.4) is 0 Å². The molecule has 0 amide bonds. The van der Waals surface area contributed by atoms with E-state index in [2.05, 4.69) is 0 Å². The molecular formula is C13H8Cl2F3N. The Balaban J connectivity index is 2.63. The van der Waals surface area contributed by atoms with E-state index in [1.54, 1.807) is 18.2 Å². The van der Waals surface area contributed by atoms with Crippen LogP contribution in [-0.2, 0) is 6.18 Å². The number of halogens is 5. The summed E-state index contributed by atoms with van der Waals surface area (Å²) in [6.07, 6.45) is -4.46. The molecule has 2 aromatic carbocycles. The van der Waals surface area contributed by atoms with Gasteiger partial charge in [-0.1, -0.05) is 35.3 Å². The Morgan fingerprint density at radius 2 is 1.68 bits per heavy atom. The molecule has 0 spiro atoms. The van der Waals surface area contributed by atoms with Crippen molar-refractivity contribution in [1.29, 1.82) is 0 Å². The maximum atomic E-state index is 12.7. The number of anilines is 1. The summed E-state index contributed by atoms with van der Waals surface area (Å²) in [6, 6.07) is 8.05. The SMILES string of the molecule is Nc1cc(-c2cccc(Cl)c2Cl)cc(C(F)(F)F)c1. The predicted molar refractivity (Wildman–Crippen MR) is 71.3 cm³/mol. The Morgan fingerprint density at radius 3 is 2.32 bits per heavy atom. The third kappa shape index (κ3) is 2.96. The van der Waals surface area contributed by atoms with Crippen molar-refractivity contribution in [3.05, 3.63) is 52.0 Å². The van der Waals surface area contributed by atoms with Crippen LogP contribution in [0.15, 0.2) is 36.4 Å². The lowest BCUT2D eigenvalue weighted by Crippen LogP contribution is -2.06. The van der Waals surface area contributed by atoms with E-state index in [1.165, 1.54) is 6.07 Å². The van der Waals surface area contributed by atoms with Gasteiger partial charge >= 0.3 is 6.18 Å². The summed E-state index contributed by atoms with van der Waals surface area (Å²) in [7, 11) is 0. The van der Waals surface area contributed by atoms with E-state index < -0.39 is 11.7 Å². The van der Waals surface area contributed by atoms with E-state index >= 15 is 0 Å². The standard InChI is InChI=1S/C13H8Cl2F3N/c14-11-3-1-2-10(12(11)15)7-4-8(13(16,17)18)6-9(19)5-7/h1-6H,19H2. The summed E-state index contributed by atoms with van der Waals surface area (Å²) in [5, 5.41) is 0.470. The Hall–Kier alpha value is -1.39. The molecule has 0 aliphatic heterocycles. The highest BCUT2D eigenvalue weighted by Crippen LogP contribution is 2.38. The number of nitrogen functional groups attached to an aromatic ring is 1. The van der Waals surface area contributed by atoms with Crippen LogP contribution in [0.1, 0.15) is 5.56 Å². The summed E-state index contributed by atoms with van der Waals surface area (Å²) < 4.78 is 38.2. The van der Waals surface area contributed by atoms with Crippen LogP contribution in [0.2, 0.25) is 10.0 Å². The lowest BCUT2D eigenvalue weighted by Gasteiger charge is -2.12. The van der Waals surface area contributed by atoms with Gasteiger partial charge in [0, 0.05) is 11.3 Å². The van der Waals surface area contributed by atoms with E-state index in [0.29, 0.717) is 5.56 Å². The molecule has 0 unspecified atom stereocenters. The van der Waals surface area contributed by atoms with Crippen LogP contribution < -0.4 is 5.73 Å². The average Bonchev–Trinajstić information content (AvgIpc) is 2.31. The van der Waals surface area contributed by atoms with Gasteiger partial charge in [0.25, 0.3) is 0 Å². The molecule has 1 nitrogen and oxygen atoms in total. The number of alkyl halides is 3. The van der Waals surface area contributed by atoms with Crippen molar-refractivity contribution in [2.45, 2.75) is 6.18 Å². The first-order chi connectivity index (χ1) is 8.79. The van der Waals surface area contributed by atoms with Gasteiger partial charge in [0.2, 0.25) is 0 Å². The molecular weight excluding hydrogens is 298 g/mol. The van der Waals surface area contributed by atoms with Crippen LogP contribution in [0.4, 0.5) is 18.9 Å². The highest BCUT2D eigenvalue weighted by molar-refractivity contribution is 6.43. The molecule has 0 fully saturated rings. The first kappa shape index (κ1) is 14.0. The normalized spacial score (nSPS) is 11.6. The van der Waals surface area contributed by atoms with Crippen LogP contribution in [0.25, 0.3) is 11.1 Å².